The lowest BCUT2D eigenvalue weighted by Gasteiger charge is -2.28. The zero-order valence-electron chi connectivity index (χ0n) is 10.1. The summed E-state index contributed by atoms with van der Waals surface area (Å²) in [5.41, 5.74) is 3.17. The van der Waals surface area contributed by atoms with Gasteiger partial charge >= 0.3 is 0 Å². The predicted molar refractivity (Wildman–Crippen MR) is 65.3 cm³/mol. The first-order chi connectivity index (χ1) is 7.99. The molecule has 0 saturated heterocycles. The minimum absolute atomic E-state index is 0.0810. The molecule has 4 heteroatoms. The Morgan fingerprint density at radius 1 is 1.41 bits per heavy atom. The van der Waals surface area contributed by atoms with E-state index in [4.69, 9.17) is 0 Å². The second kappa shape index (κ2) is 4.13. The fourth-order valence-corrected chi connectivity index (χ4v) is 1.98. The zero-order valence-corrected chi connectivity index (χ0v) is 10.1. The number of nitrogens with zero attached hydrogens (tertiary/aromatic N) is 1. The SMILES string of the molecule is CC(=O)N=C1C=CC2C(=C1)NC(=O)C(C)=C2C. The van der Waals surface area contributed by atoms with Crippen molar-refractivity contribution in [1.82, 2.24) is 5.32 Å². The van der Waals surface area contributed by atoms with Crippen LogP contribution in [0.15, 0.2) is 40.1 Å². The summed E-state index contributed by atoms with van der Waals surface area (Å²) in [5, 5.41) is 2.82. The third-order valence-corrected chi connectivity index (χ3v) is 3.04. The van der Waals surface area contributed by atoms with Crippen LogP contribution in [0.5, 0.6) is 0 Å². The average Bonchev–Trinajstić information content (AvgIpc) is 2.25. The molecule has 0 bridgehead atoms. The van der Waals surface area contributed by atoms with Crippen LogP contribution in [0.1, 0.15) is 20.8 Å². The van der Waals surface area contributed by atoms with Crippen molar-refractivity contribution < 1.29 is 9.59 Å². The third-order valence-electron chi connectivity index (χ3n) is 3.04. The van der Waals surface area contributed by atoms with Gasteiger partial charge in [-0.25, -0.2) is 4.99 Å². The molecule has 2 aliphatic rings. The van der Waals surface area contributed by atoms with Crippen molar-refractivity contribution >= 4 is 17.5 Å². The summed E-state index contributed by atoms with van der Waals surface area (Å²) < 4.78 is 0. The van der Waals surface area contributed by atoms with E-state index in [0.717, 1.165) is 16.8 Å². The molecule has 0 aromatic heterocycles. The molecule has 0 radical (unpaired) electrons. The van der Waals surface area contributed by atoms with Gasteiger partial charge in [-0.3, -0.25) is 9.59 Å². The van der Waals surface area contributed by atoms with Gasteiger partial charge in [0.1, 0.15) is 0 Å². The van der Waals surface area contributed by atoms with Gasteiger partial charge in [0, 0.05) is 24.1 Å². The van der Waals surface area contributed by atoms with Crippen LogP contribution >= 0.6 is 0 Å². The molecule has 1 heterocycles. The van der Waals surface area contributed by atoms with Gasteiger partial charge < -0.3 is 5.32 Å². The van der Waals surface area contributed by atoms with Gasteiger partial charge in [-0.05, 0) is 26.0 Å². The van der Waals surface area contributed by atoms with E-state index in [-0.39, 0.29) is 17.7 Å². The van der Waals surface area contributed by atoms with E-state index in [0.29, 0.717) is 5.71 Å². The molecular weight excluding hydrogens is 216 g/mol. The molecule has 1 N–H and O–H groups in total. The molecule has 1 aliphatic carbocycles. The van der Waals surface area contributed by atoms with E-state index in [9.17, 15) is 9.59 Å². The number of carbonyl (C=O) groups excluding carboxylic acids is 2. The summed E-state index contributed by atoms with van der Waals surface area (Å²) in [6.45, 7) is 5.17. The van der Waals surface area contributed by atoms with E-state index >= 15 is 0 Å². The smallest absolute Gasteiger partial charge is 0.251 e. The van der Waals surface area contributed by atoms with Gasteiger partial charge in [0.2, 0.25) is 5.91 Å². The lowest BCUT2D eigenvalue weighted by atomic mass is 9.85. The van der Waals surface area contributed by atoms with Gasteiger partial charge in [-0.1, -0.05) is 11.6 Å². The molecule has 4 nitrogen and oxygen atoms in total. The lowest BCUT2D eigenvalue weighted by Crippen LogP contribution is -2.35. The van der Waals surface area contributed by atoms with Gasteiger partial charge in [-0.15, -0.1) is 0 Å². The Morgan fingerprint density at radius 3 is 2.76 bits per heavy atom. The highest BCUT2D eigenvalue weighted by molar-refractivity contribution is 6.11. The van der Waals surface area contributed by atoms with Crippen LogP contribution in [0, 0.1) is 5.92 Å². The molecule has 0 fully saturated rings. The topological polar surface area (TPSA) is 58.5 Å². The fourth-order valence-electron chi connectivity index (χ4n) is 1.98. The van der Waals surface area contributed by atoms with Crippen LogP contribution in [-0.4, -0.2) is 17.5 Å². The van der Waals surface area contributed by atoms with Crippen molar-refractivity contribution in [2.75, 3.05) is 0 Å². The van der Waals surface area contributed by atoms with Gasteiger partial charge in [-0.2, -0.15) is 0 Å². The summed E-state index contributed by atoms with van der Waals surface area (Å²) in [4.78, 5) is 26.4. The molecule has 2 amide bonds. The van der Waals surface area contributed by atoms with Crippen molar-refractivity contribution in [3.05, 3.63) is 35.1 Å². The maximum absolute atomic E-state index is 11.6. The first-order valence-electron chi connectivity index (χ1n) is 5.47. The minimum Gasteiger partial charge on any atom is -0.325 e. The zero-order chi connectivity index (χ0) is 12.6. The molecule has 1 atom stereocenters. The Morgan fingerprint density at radius 2 is 2.12 bits per heavy atom. The highest BCUT2D eigenvalue weighted by Gasteiger charge is 2.27. The first kappa shape index (κ1) is 11.5. The Balaban J connectivity index is 2.40. The van der Waals surface area contributed by atoms with Crippen LogP contribution in [0.4, 0.5) is 0 Å². The summed E-state index contributed by atoms with van der Waals surface area (Å²) in [5.74, 6) is -0.230. The Labute approximate surface area is 99.8 Å². The third kappa shape index (κ3) is 2.11. The Bertz CT molecular complexity index is 522. The Hall–Kier alpha value is -1.97. The summed E-state index contributed by atoms with van der Waals surface area (Å²) in [6, 6.07) is 0. The van der Waals surface area contributed by atoms with Gasteiger partial charge in [0.25, 0.3) is 5.91 Å². The van der Waals surface area contributed by atoms with E-state index < -0.39 is 0 Å². The number of aliphatic imine (C=N–C) groups is 1. The Kier molecular flexibility index (Phi) is 2.79. The normalized spacial score (nSPS) is 25.6. The number of amides is 2. The van der Waals surface area contributed by atoms with Gasteiger partial charge in [0.15, 0.2) is 0 Å². The number of hydrogen-bond acceptors (Lipinski definition) is 2. The first-order valence-corrected chi connectivity index (χ1v) is 5.47. The standard InChI is InChI=1S/C13H14N2O2/c1-7-8(2)13(17)15-12-6-10(14-9(3)16)4-5-11(7)12/h4-6,11H,1-3H3,(H,15,17). The fraction of sp³-hybridized carbons (Fsp3) is 0.308. The second-order valence-electron chi connectivity index (χ2n) is 4.25. The number of carbonyl (C=O) groups is 2. The molecule has 0 saturated carbocycles. The summed E-state index contributed by atoms with van der Waals surface area (Å²) in [6.07, 6.45) is 5.51. The maximum atomic E-state index is 11.6. The number of rotatable bonds is 0. The van der Waals surface area contributed by atoms with Crippen molar-refractivity contribution in [3.8, 4) is 0 Å². The van der Waals surface area contributed by atoms with Crippen molar-refractivity contribution in [1.29, 1.82) is 0 Å². The molecule has 1 aliphatic heterocycles. The van der Waals surface area contributed by atoms with E-state index in [1.54, 1.807) is 6.08 Å². The molecular formula is C13H14N2O2. The lowest BCUT2D eigenvalue weighted by molar-refractivity contribution is -0.117. The highest BCUT2D eigenvalue weighted by Crippen LogP contribution is 2.29. The van der Waals surface area contributed by atoms with E-state index in [1.807, 2.05) is 26.0 Å². The number of fused-ring (bicyclic) bond motifs is 1. The maximum Gasteiger partial charge on any atom is 0.251 e. The molecule has 1 unspecified atom stereocenters. The quantitative estimate of drug-likeness (QED) is 0.685. The van der Waals surface area contributed by atoms with Crippen LogP contribution in [0.2, 0.25) is 0 Å². The molecule has 2 rings (SSSR count). The van der Waals surface area contributed by atoms with Crippen LogP contribution in [0.25, 0.3) is 0 Å². The van der Waals surface area contributed by atoms with Crippen molar-refractivity contribution in [3.63, 3.8) is 0 Å². The molecule has 0 aromatic carbocycles. The highest BCUT2D eigenvalue weighted by atomic mass is 16.2. The number of hydrogen-bond donors (Lipinski definition) is 1. The summed E-state index contributed by atoms with van der Waals surface area (Å²) in [7, 11) is 0. The van der Waals surface area contributed by atoms with Crippen LogP contribution < -0.4 is 5.32 Å². The molecule has 0 spiro atoms. The number of nitrogens with one attached hydrogen (secondary N) is 1. The monoisotopic (exact) mass is 230 g/mol. The molecule has 0 aromatic rings. The number of allylic oxidation sites excluding steroid dienone is 3. The van der Waals surface area contributed by atoms with Gasteiger partial charge in [0.05, 0.1) is 5.71 Å². The largest absolute Gasteiger partial charge is 0.325 e. The van der Waals surface area contributed by atoms with Crippen molar-refractivity contribution in [2.45, 2.75) is 20.8 Å². The summed E-state index contributed by atoms with van der Waals surface area (Å²) >= 11 is 0. The second-order valence-corrected chi connectivity index (χ2v) is 4.25. The van der Waals surface area contributed by atoms with Crippen LogP contribution in [0.3, 0.4) is 0 Å². The molecule has 17 heavy (non-hydrogen) atoms. The van der Waals surface area contributed by atoms with E-state index in [1.165, 1.54) is 6.92 Å². The van der Waals surface area contributed by atoms with Crippen molar-refractivity contribution in [2.24, 2.45) is 10.9 Å². The van der Waals surface area contributed by atoms with E-state index in [2.05, 4.69) is 10.3 Å². The minimum atomic E-state index is -0.245. The van der Waals surface area contributed by atoms with Crippen LogP contribution in [-0.2, 0) is 9.59 Å². The average molecular weight is 230 g/mol. The predicted octanol–water partition coefficient (Wildman–Crippen LogP) is 1.51. The molecule has 88 valence electrons.